The zero-order valence-electron chi connectivity index (χ0n) is 15.9. The molecule has 1 aromatic heterocycles. The minimum Gasteiger partial charge on any atom is -0.399 e. The number of aromatic nitrogens is 1. The average molecular weight is 409 g/mol. The Morgan fingerprint density at radius 1 is 1.07 bits per heavy atom. The van der Waals surface area contributed by atoms with E-state index in [9.17, 15) is 8.42 Å². The molecule has 27 heavy (non-hydrogen) atoms. The number of rotatable bonds is 4. The second kappa shape index (κ2) is 6.77. The summed E-state index contributed by atoms with van der Waals surface area (Å²) in [5, 5.41) is 0.0623. The van der Waals surface area contributed by atoms with E-state index in [2.05, 4.69) is 9.71 Å². The number of nitrogens with zero attached hydrogens (tertiary/aromatic N) is 1. The summed E-state index contributed by atoms with van der Waals surface area (Å²) in [5.41, 5.74) is 0.408. The van der Waals surface area contributed by atoms with Gasteiger partial charge in [-0.15, -0.1) is 0 Å². The van der Waals surface area contributed by atoms with Gasteiger partial charge >= 0.3 is 7.12 Å². The number of anilines is 1. The van der Waals surface area contributed by atoms with Crippen LogP contribution < -0.4 is 10.2 Å². The highest BCUT2D eigenvalue weighted by atomic mass is 35.5. The number of pyridine rings is 1. The first-order valence-electron chi connectivity index (χ1n) is 8.53. The quantitative estimate of drug-likeness (QED) is 0.621. The number of benzene rings is 1. The van der Waals surface area contributed by atoms with Gasteiger partial charge in [-0.05, 0) is 52.3 Å². The van der Waals surface area contributed by atoms with Crippen LogP contribution in [0.5, 0.6) is 0 Å². The van der Waals surface area contributed by atoms with Gasteiger partial charge < -0.3 is 9.31 Å². The molecular weight excluding hydrogens is 387 g/mol. The van der Waals surface area contributed by atoms with Crippen LogP contribution in [-0.4, -0.2) is 31.7 Å². The van der Waals surface area contributed by atoms with E-state index in [1.54, 1.807) is 31.3 Å². The fourth-order valence-corrected chi connectivity index (χ4v) is 4.15. The highest BCUT2D eigenvalue weighted by molar-refractivity contribution is 7.92. The molecule has 1 saturated heterocycles. The van der Waals surface area contributed by atoms with Gasteiger partial charge in [-0.25, -0.2) is 13.4 Å². The van der Waals surface area contributed by atoms with Crippen molar-refractivity contribution in [2.45, 2.75) is 50.7 Å². The van der Waals surface area contributed by atoms with E-state index in [4.69, 9.17) is 20.9 Å². The Kier molecular flexibility index (Phi) is 5.05. The largest absolute Gasteiger partial charge is 0.496 e. The molecule has 0 amide bonds. The fraction of sp³-hybridized carbons (Fsp3) is 0.389. The Balaban J connectivity index is 1.98. The van der Waals surface area contributed by atoms with Gasteiger partial charge in [-0.2, -0.15) is 0 Å². The highest BCUT2D eigenvalue weighted by Crippen LogP contribution is 2.37. The molecule has 0 radical (unpaired) electrons. The summed E-state index contributed by atoms with van der Waals surface area (Å²) in [7, 11) is -4.47. The zero-order valence-corrected chi connectivity index (χ0v) is 17.5. The third-order valence-corrected chi connectivity index (χ3v) is 6.78. The van der Waals surface area contributed by atoms with Crippen LogP contribution in [0, 0.1) is 6.92 Å². The minimum atomic E-state index is -3.80. The molecule has 1 aliphatic heterocycles. The summed E-state index contributed by atoms with van der Waals surface area (Å²) in [4.78, 5) is 4.28. The first-order chi connectivity index (χ1) is 12.4. The van der Waals surface area contributed by atoms with Crippen molar-refractivity contribution in [1.29, 1.82) is 0 Å². The maximum absolute atomic E-state index is 12.7. The molecular formula is C18H22BClN2O4S. The second-order valence-electron chi connectivity index (χ2n) is 7.51. The van der Waals surface area contributed by atoms with E-state index in [0.717, 1.165) is 0 Å². The minimum absolute atomic E-state index is 0.0623. The monoisotopic (exact) mass is 408 g/mol. The van der Waals surface area contributed by atoms with Gasteiger partial charge in [0.05, 0.1) is 21.8 Å². The van der Waals surface area contributed by atoms with Crippen LogP contribution in [0.4, 0.5) is 5.69 Å². The summed E-state index contributed by atoms with van der Waals surface area (Å²) in [5.74, 6) is 0. The van der Waals surface area contributed by atoms with Gasteiger partial charge in [0.15, 0.2) is 5.15 Å². The molecule has 0 aliphatic carbocycles. The van der Waals surface area contributed by atoms with E-state index >= 15 is 0 Å². The summed E-state index contributed by atoms with van der Waals surface area (Å²) in [6.45, 7) is 9.56. The third-order valence-electron chi connectivity index (χ3n) is 5.13. The van der Waals surface area contributed by atoms with Crippen molar-refractivity contribution < 1.29 is 17.7 Å². The molecule has 3 rings (SSSR count). The Labute approximate surface area is 165 Å². The summed E-state index contributed by atoms with van der Waals surface area (Å²) in [6, 6.07) is 8.08. The van der Waals surface area contributed by atoms with Crippen LogP contribution in [-0.2, 0) is 19.3 Å². The second-order valence-corrected chi connectivity index (χ2v) is 9.55. The van der Waals surface area contributed by atoms with E-state index in [-0.39, 0.29) is 15.7 Å². The first-order valence-corrected chi connectivity index (χ1v) is 10.4. The van der Waals surface area contributed by atoms with Crippen LogP contribution in [0.3, 0.4) is 0 Å². The molecule has 1 aromatic carbocycles. The van der Waals surface area contributed by atoms with Gasteiger partial charge in [0, 0.05) is 11.7 Å². The predicted molar refractivity (Wildman–Crippen MR) is 107 cm³/mol. The van der Waals surface area contributed by atoms with E-state index in [1.165, 1.54) is 12.1 Å². The number of nitrogens with one attached hydrogen (secondary N) is 1. The molecule has 0 spiro atoms. The highest BCUT2D eigenvalue weighted by Gasteiger charge is 2.52. The van der Waals surface area contributed by atoms with Crippen molar-refractivity contribution in [3.63, 3.8) is 0 Å². The van der Waals surface area contributed by atoms with Crippen molar-refractivity contribution in [3.05, 3.63) is 47.2 Å². The topological polar surface area (TPSA) is 77.5 Å². The van der Waals surface area contributed by atoms with Crippen molar-refractivity contribution in [2.75, 3.05) is 4.72 Å². The van der Waals surface area contributed by atoms with Crippen molar-refractivity contribution >= 4 is 39.9 Å². The standard InChI is InChI=1S/C18H22BClN2O4S/c1-12-14(19-25-17(2,3)18(4,5)26-19)11-21-16(20)15(12)22-27(23,24)13-9-7-6-8-10-13/h6-11,22H,1-5H3. The Morgan fingerprint density at radius 2 is 1.63 bits per heavy atom. The van der Waals surface area contributed by atoms with E-state index in [1.807, 2.05) is 27.7 Å². The van der Waals surface area contributed by atoms with Crippen LogP contribution in [0.1, 0.15) is 33.3 Å². The van der Waals surface area contributed by atoms with Gasteiger partial charge in [0.2, 0.25) is 0 Å². The summed E-state index contributed by atoms with van der Waals surface area (Å²) in [6.07, 6.45) is 1.56. The lowest BCUT2D eigenvalue weighted by atomic mass is 9.77. The van der Waals surface area contributed by atoms with E-state index in [0.29, 0.717) is 11.0 Å². The van der Waals surface area contributed by atoms with Crippen molar-refractivity contribution in [2.24, 2.45) is 0 Å². The number of halogens is 1. The molecule has 2 heterocycles. The lowest BCUT2D eigenvalue weighted by Crippen LogP contribution is -2.41. The smallest absolute Gasteiger partial charge is 0.399 e. The molecule has 1 fully saturated rings. The zero-order chi connectivity index (χ0) is 20.0. The lowest BCUT2D eigenvalue weighted by Gasteiger charge is -2.32. The van der Waals surface area contributed by atoms with Crippen LogP contribution in [0.25, 0.3) is 0 Å². The van der Waals surface area contributed by atoms with Crippen LogP contribution in [0.2, 0.25) is 5.15 Å². The number of hydrogen-bond acceptors (Lipinski definition) is 5. The molecule has 0 atom stereocenters. The Morgan fingerprint density at radius 3 is 2.19 bits per heavy atom. The van der Waals surface area contributed by atoms with Gasteiger partial charge in [-0.3, -0.25) is 4.72 Å². The van der Waals surface area contributed by atoms with Crippen LogP contribution in [0.15, 0.2) is 41.4 Å². The molecule has 2 aromatic rings. The maximum Gasteiger partial charge on any atom is 0.496 e. The molecule has 1 N–H and O–H groups in total. The summed E-state index contributed by atoms with van der Waals surface area (Å²) >= 11 is 6.19. The van der Waals surface area contributed by atoms with Gasteiger partial charge in [-0.1, -0.05) is 29.8 Å². The van der Waals surface area contributed by atoms with Gasteiger partial charge in [0.25, 0.3) is 10.0 Å². The first kappa shape index (κ1) is 20.1. The predicted octanol–water partition coefficient (Wildman–Crippen LogP) is 3.14. The number of sulfonamides is 1. The normalized spacial score (nSPS) is 18.5. The van der Waals surface area contributed by atoms with Gasteiger partial charge in [0.1, 0.15) is 0 Å². The molecule has 6 nitrogen and oxygen atoms in total. The Bertz CT molecular complexity index is 949. The SMILES string of the molecule is Cc1c(B2OC(C)(C)C(C)(C)O2)cnc(Cl)c1NS(=O)(=O)c1ccccc1. The summed E-state index contributed by atoms with van der Waals surface area (Å²) < 4.78 is 40.0. The van der Waals surface area contributed by atoms with Crippen LogP contribution >= 0.6 is 11.6 Å². The average Bonchev–Trinajstić information content (AvgIpc) is 2.80. The molecule has 0 bridgehead atoms. The number of hydrogen-bond donors (Lipinski definition) is 1. The molecule has 0 unspecified atom stereocenters. The maximum atomic E-state index is 12.7. The van der Waals surface area contributed by atoms with Crippen molar-refractivity contribution in [1.82, 2.24) is 4.98 Å². The molecule has 0 saturated carbocycles. The Hall–Kier alpha value is -1.61. The third kappa shape index (κ3) is 3.71. The van der Waals surface area contributed by atoms with E-state index < -0.39 is 28.3 Å². The van der Waals surface area contributed by atoms with Crippen molar-refractivity contribution in [3.8, 4) is 0 Å². The fourth-order valence-electron chi connectivity index (χ4n) is 2.71. The molecule has 1 aliphatic rings. The molecule has 144 valence electrons. The lowest BCUT2D eigenvalue weighted by molar-refractivity contribution is 0.00578. The molecule has 9 heteroatoms.